The zero-order valence-electron chi connectivity index (χ0n) is 14.7. The van der Waals surface area contributed by atoms with Crippen molar-refractivity contribution in [1.82, 2.24) is 0 Å². The molecule has 0 N–H and O–H groups in total. The van der Waals surface area contributed by atoms with Gasteiger partial charge in [0.1, 0.15) is 22.3 Å². The Kier molecular flexibility index (Phi) is 2.39. The van der Waals surface area contributed by atoms with Gasteiger partial charge < -0.3 is 8.83 Å². The molecule has 28 heavy (non-hydrogen) atoms. The second-order valence-corrected chi connectivity index (χ2v) is 7.26. The van der Waals surface area contributed by atoms with Gasteiger partial charge in [0.15, 0.2) is 5.78 Å². The van der Waals surface area contributed by atoms with E-state index < -0.39 is 0 Å². The highest BCUT2D eigenvalue weighted by Gasteiger charge is 2.33. The van der Waals surface area contributed by atoms with E-state index in [-0.39, 0.29) is 5.78 Å². The van der Waals surface area contributed by atoms with Crippen molar-refractivity contribution < 1.29 is 13.6 Å². The maximum Gasteiger partial charge on any atom is 0.194 e. The Bertz CT molecular complexity index is 1510. The van der Waals surface area contributed by atoms with Crippen LogP contribution in [-0.2, 0) is 0 Å². The first-order chi connectivity index (χ1) is 13.8. The van der Waals surface area contributed by atoms with Crippen molar-refractivity contribution in [1.29, 1.82) is 0 Å². The first-order valence-corrected chi connectivity index (χ1v) is 9.25. The number of furan rings is 2. The summed E-state index contributed by atoms with van der Waals surface area (Å²) in [7, 11) is 0. The normalized spacial score (nSPS) is 13.1. The van der Waals surface area contributed by atoms with Crippen LogP contribution < -0.4 is 0 Å². The summed E-state index contributed by atoms with van der Waals surface area (Å²) >= 11 is 0. The number of rotatable bonds is 0. The smallest absolute Gasteiger partial charge is 0.194 e. The van der Waals surface area contributed by atoms with Crippen LogP contribution >= 0.6 is 0 Å². The van der Waals surface area contributed by atoms with Gasteiger partial charge in [-0.15, -0.1) is 0 Å². The Morgan fingerprint density at radius 3 is 1.46 bits per heavy atom. The quantitative estimate of drug-likeness (QED) is 0.302. The molecule has 0 unspecified atom stereocenters. The van der Waals surface area contributed by atoms with E-state index >= 15 is 0 Å². The van der Waals surface area contributed by atoms with Crippen LogP contribution in [0.25, 0.3) is 55.0 Å². The molecule has 0 aliphatic heterocycles. The van der Waals surface area contributed by atoms with Crippen molar-refractivity contribution in [2.75, 3.05) is 0 Å². The summed E-state index contributed by atoms with van der Waals surface area (Å²) in [5.74, 6) is 0.0229. The van der Waals surface area contributed by atoms with Gasteiger partial charge in [0.2, 0.25) is 0 Å². The molecule has 3 heteroatoms. The molecule has 2 heterocycles. The van der Waals surface area contributed by atoms with E-state index in [1.165, 1.54) is 0 Å². The number of para-hydroxylation sites is 2. The number of ketones is 1. The lowest BCUT2D eigenvalue weighted by molar-refractivity contribution is 0.104. The standard InChI is InChI=1S/C25H12O3/c26-23-17-11-9-15-13-5-1-3-7-19(13)27-24(15)21(17)22-18(23)12-10-16-14-6-2-4-8-20(14)28-25(16)22/h1-12H. The molecule has 0 atom stereocenters. The molecule has 0 amide bonds. The molecular formula is C25H12O3. The highest BCUT2D eigenvalue weighted by atomic mass is 16.3. The van der Waals surface area contributed by atoms with Gasteiger partial charge in [-0.2, -0.15) is 0 Å². The third-order valence-corrected chi connectivity index (χ3v) is 5.83. The van der Waals surface area contributed by atoms with Gasteiger partial charge in [0.05, 0.1) is 0 Å². The van der Waals surface area contributed by atoms with Crippen LogP contribution in [0.15, 0.2) is 81.6 Å². The summed E-state index contributed by atoms with van der Waals surface area (Å²) in [6.45, 7) is 0. The Morgan fingerprint density at radius 1 is 0.500 bits per heavy atom. The van der Waals surface area contributed by atoms with Gasteiger partial charge in [0.25, 0.3) is 0 Å². The largest absolute Gasteiger partial charge is 0.455 e. The summed E-state index contributed by atoms with van der Waals surface area (Å²) in [5.41, 5.74) is 6.19. The van der Waals surface area contributed by atoms with Crippen LogP contribution in [0, 0.1) is 0 Å². The molecule has 0 saturated carbocycles. The fourth-order valence-corrected chi connectivity index (χ4v) is 4.60. The van der Waals surface area contributed by atoms with E-state index in [0.717, 1.165) is 55.0 Å². The number of fused-ring (bicyclic) bond motifs is 11. The molecule has 7 rings (SSSR count). The van der Waals surface area contributed by atoms with E-state index in [1.807, 2.05) is 72.8 Å². The van der Waals surface area contributed by atoms with Crippen molar-refractivity contribution >= 4 is 49.7 Å². The topological polar surface area (TPSA) is 43.4 Å². The minimum atomic E-state index is 0.0229. The molecule has 1 aliphatic rings. The molecule has 0 bridgehead atoms. The SMILES string of the molecule is O=C1c2ccc3c(oc4ccccc43)c2-c2c1ccc1c2oc2ccccc21. The average molecular weight is 360 g/mol. The molecule has 3 nitrogen and oxygen atoms in total. The van der Waals surface area contributed by atoms with E-state index in [1.54, 1.807) is 0 Å². The predicted molar refractivity (Wildman–Crippen MR) is 110 cm³/mol. The maximum absolute atomic E-state index is 13.1. The third-order valence-electron chi connectivity index (χ3n) is 5.83. The average Bonchev–Trinajstić information content (AvgIpc) is 3.38. The Morgan fingerprint density at radius 2 is 0.964 bits per heavy atom. The number of hydrogen-bond donors (Lipinski definition) is 0. The zero-order valence-corrected chi connectivity index (χ0v) is 14.7. The first-order valence-electron chi connectivity index (χ1n) is 9.25. The minimum absolute atomic E-state index is 0.0229. The van der Waals surface area contributed by atoms with Crippen LogP contribution in [0.2, 0.25) is 0 Å². The van der Waals surface area contributed by atoms with E-state index in [9.17, 15) is 4.79 Å². The van der Waals surface area contributed by atoms with Gasteiger partial charge >= 0.3 is 0 Å². The van der Waals surface area contributed by atoms with Crippen LogP contribution in [0.4, 0.5) is 0 Å². The molecule has 1 aliphatic carbocycles. The van der Waals surface area contributed by atoms with E-state index in [2.05, 4.69) is 0 Å². The molecule has 4 aromatic carbocycles. The summed E-state index contributed by atoms with van der Waals surface area (Å²) < 4.78 is 12.5. The summed E-state index contributed by atoms with van der Waals surface area (Å²) in [6.07, 6.45) is 0. The Labute approximate surface area is 158 Å². The lowest BCUT2D eigenvalue weighted by Gasteiger charge is -2.02. The summed E-state index contributed by atoms with van der Waals surface area (Å²) in [4.78, 5) is 13.1. The molecular weight excluding hydrogens is 348 g/mol. The maximum atomic E-state index is 13.1. The zero-order chi connectivity index (χ0) is 18.4. The molecule has 130 valence electrons. The van der Waals surface area contributed by atoms with Gasteiger partial charge in [0, 0.05) is 43.8 Å². The second-order valence-electron chi connectivity index (χ2n) is 7.26. The molecule has 0 saturated heterocycles. The van der Waals surface area contributed by atoms with Crippen molar-refractivity contribution in [3.63, 3.8) is 0 Å². The van der Waals surface area contributed by atoms with Crippen molar-refractivity contribution in [2.45, 2.75) is 0 Å². The predicted octanol–water partition coefficient (Wildman–Crippen LogP) is 6.70. The minimum Gasteiger partial charge on any atom is -0.455 e. The Hall–Kier alpha value is -3.85. The summed E-state index contributed by atoms with van der Waals surface area (Å²) in [5, 5.41) is 4.14. The van der Waals surface area contributed by atoms with Crippen LogP contribution in [0.5, 0.6) is 0 Å². The van der Waals surface area contributed by atoms with Gasteiger partial charge in [-0.05, 0) is 36.4 Å². The van der Waals surface area contributed by atoms with Crippen LogP contribution in [0.3, 0.4) is 0 Å². The fraction of sp³-hybridized carbons (Fsp3) is 0. The van der Waals surface area contributed by atoms with Gasteiger partial charge in [-0.25, -0.2) is 0 Å². The van der Waals surface area contributed by atoms with Crippen molar-refractivity contribution in [3.8, 4) is 11.1 Å². The first kappa shape index (κ1) is 14.2. The molecule has 0 fully saturated rings. The van der Waals surface area contributed by atoms with Crippen molar-refractivity contribution in [2.24, 2.45) is 0 Å². The van der Waals surface area contributed by atoms with E-state index in [4.69, 9.17) is 8.83 Å². The lowest BCUT2D eigenvalue weighted by Crippen LogP contribution is -1.94. The molecule has 0 radical (unpaired) electrons. The number of carbonyl (C=O) groups is 1. The van der Waals surface area contributed by atoms with Crippen LogP contribution in [-0.4, -0.2) is 5.78 Å². The fourth-order valence-electron chi connectivity index (χ4n) is 4.60. The third kappa shape index (κ3) is 1.54. The number of hydrogen-bond acceptors (Lipinski definition) is 3. The molecule has 6 aromatic rings. The van der Waals surface area contributed by atoms with Gasteiger partial charge in [-0.1, -0.05) is 36.4 Å². The lowest BCUT2D eigenvalue weighted by atomic mass is 10.00. The van der Waals surface area contributed by atoms with E-state index in [0.29, 0.717) is 11.1 Å². The number of carbonyl (C=O) groups excluding carboxylic acids is 1. The highest BCUT2D eigenvalue weighted by molar-refractivity contribution is 6.31. The Balaban J connectivity index is 1.72. The molecule has 0 spiro atoms. The monoisotopic (exact) mass is 360 g/mol. The van der Waals surface area contributed by atoms with Crippen LogP contribution in [0.1, 0.15) is 15.9 Å². The highest BCUT2D eigenvalue weighted by Crippen LogP contribution is 2.48. The second kappa shape index (κ2) is 4.70. The van der Waals surface area contributed by atoms with Gasteiger partial charge in [-0.3, -0.25) is 4.79 Å². The number of benzene rings is 4. The summed E-state index contributed by atoms with van der Waals surface area (Å²) in [6, 6.07) is 23.7. The molecule has 2 aromatic heterocycles. The van der Waals surface area contributed by atoms with Crippen molar-refractivity contribution in [3.05, 3.63) is 83.9 Å².